The second-order valence-corrected chi connectivity index (χ2v) is 7.89. The summed E-state index contributed by atoms with van der Waals surface area (Å²) in [5, 5.41) is 0.672. The van der Waals surface area contributed by atoms with Crippen molar-refractivity contribution in [3.8, 4) is 11.5 Å². The number of amides is 2. The Kier molecular flexibility index (Phi) is 7.99. The Hall–Kier alpha value is -2.77. The number of hydrogen-bond acceptors (Lipinski definition) is 4. The molecule has 170 valence electrons. The van der Waals surface area contributed by atoms with Crippen molar-refractivity contribution >= 4 is 41.1 Å². The number of halogens is 3. The van der Waals surface area contributed by atoms with Crippen LogP contribution in [0.1, 0.15) is 22.8 Å². The van der Waals surface area contributed by atoms with Crippen LogP contribution in [-0.2, 0) is 4.79 Å². The molecule has 0 N–H and O–H groups in total. The zero-order valence-electron chi connectivity index (χ0n) is 17.7. The lowest BCUT2D eigenvalue weighted by Crippen LogP contribution is -2.50. The van der Waals surface area contributed by atoms with Crippen LogP contribution in [0.4, 0.5) is 4.39 Å². The number of carbonyl (C=O) groups excluding carboxylic acids is 2. The molecule has 1 saturated heterocycles. The Morgan fingerprint density at radius 3 is 2.44 bits per heavy atom. The summed E-state index contributed by atoms with van der Waals surface area (Å²) < 4.78 is 24.8. The van der Waals surface area contributed by atoms with Gasteiger partial charge in [0.1, 0.15) is 5.82 Å². The van der Waals surface area contributed by atoms with Crippen molar-refractivity contribution in [2.24, 2.45) is 0 Å². The molecule has 0 saturated carbocycles. The van der Waals surface area contributed by atoms with E-state index in [0.29, 0.717) is 59.9 Å². The van der Waals surface area contributed by atoms with Gasteiger partial charge in [-0.05, 0) is 48.9 Å². The van der Waals surface area contributed by atoms with Gasteiger partial charge < -0.3 is 19.3 Å². The van der Waals surface area contributed by atoms with Crippen molar-refractivity contribution in [3.63, 3.8) is 0 Å². The van der Waals surface area contributed by atoms with Gasteiger partial charge in [0.2, 0.25) is 5.91 Å². The van der Waals surface area contributed by atoms with Crippen LogP contribution in [0.15, 0.2) is 36.4 Å². The van der Waals surface area contributed by atoms with Gasteiger partial charge in [0.05, 0.1) is 24.3 Å². The first-order valence-electron chi connectivity index (χ1n) is 10.1. The van der Waals surface area contributed by atoms with Crippen LogP contribution in [0.2, 0.25) is 10.0 Å². The summed E-state index contributed by atoms with van der Waals surface area (Å²) in [4.78, 5) is 28.4. The Balaban J connectivity index is 1.63. The van der Waals surface area contributed by atoms with E-state index in [0.717, 1.165) is 0 Å². The van der Waals surface area contributed by atoms with Gasteiger partial charge in [-0.3, -0.25) is 9.59 Å². The molecule has 2 aromatic carbocycles. The average Bonchev–Trinajstić information content (AvgIpc) is 2.79. The molecule has 6 nitrogen and oxygen atoms in total. The summed E-state index contributed by atoms with van der Waals surface area (Å²) in [6.07, 6.45) is 3.09. The number of carbonyl (C=O) groups is 2. The summed E-state index contributed by atoms with van der Waals surface area (Å²) >= 11 is 12.1. The SMILES string of the molecule is CCOc1cc(C=CC(=O)N2CCN(C(=O)c3cc(Cl)ccc3F)CC2)cc(Cl)c1OC. The van der Waals surface area contributed by atoms with Crippen molar-refractivity contribution in [1.82, 2.24) is 9.80 Å². The molecule has 9 heteroatoms. The van der Waals surface area contributed by atoms with Gasteiger partial charge in [0.25, 0.3) is 5.91 Å². The van der Waals surface area contributed by atoms with Crippen LogP contribution in [0.5, 0.6) is 11.5 Å². The zero-order chi connectivity index (χ0) is 23.3. The van der Waals surface area contributed by atoms with E-state index in [1.54, 1.807) is 23.1 Å². The van der Waals surface area contributed by atoms with Gasteiger partial charge in [-0.15, -0.1) is 0 Å². The molecule has 0 aliphatic carbocycles. The fourth-order valence-corrected chi connectivity index (χ4v) is 3.85. The highest BCUT2D eigenvalue weighted by atomic mass is 35.5. The van der Waals surface area contributed by atoms with Crippen molar-refractivity contribution in [2.45, 2.75) is 6.92 Å². The van der Waals surface area contributed by atoms with Crippen molar-refractivity contribution < 1.29 is 23.5 Å². The Morgan fingerprint density at radius 2 is 1.78 bits per heavy atom. The monoisotopic (exact) mass is 480 g/mol. The molecule has 1 heterocycles. The first-order valence-corrected chi connectivity index (χ1v) is 10.8. The molecule has 1 aliphatic heterocycles. The third-order valence-corrected chi connectivity index (χ3v) is 5.51. The summed E-state index contributed by atoms with van der Waals surface area (Å²) in [5.41, 5.74) is 0.622. The molecular formula is C23H23Cl2FN2O4. The van der Waals surface area contributed by atoms with E-state index in [9.17, 15) is 14.0 Å². The van der Waals surface area contributed by atoms with E-state index in [2.05, 4.69) is 0 Å². The minimum atomic E-state index is -0.620. The highest BCUT2D eigenvalue weighted by molar-refractivity contribution is 6.32. The summed E-state index contributed by atoms with van der Waals surface area (Å²) in [6.45, 7) is 3.57. The van der Waals surface area contributed by atoms with Crippen LogP contribution < -0.4 is 9.47 Å². The molecule has 0 aromatic heterocycles. The summed E-state index contributed by atoms with van der Waals surface area (Å²) in [7, 11) is 1.51. The Labute approximate surface area is 196 Å². The van der Waals surface area contributed by atoms with E-state index in [1.807, 2.05) is 6.92 Å². The van der Waals surface area contributed by atoms with Gasteiger partial charge in [0.15, 0.2) is 11.5 Å². The maximum atomic E-state index is 14.0. The van der Waals surface area contributed by atoms with Gasteiger partial charge in [-0.1, -0.05) is 23.2 Å². The predicted octanol–water partition coefficient (Wildman–Crippen LogP) is 4.54. The van der Waals surface area contributed by atoms with Crippen molar-refractivity contribution in [2.75, 3.05) is 39.9 Å². The molecule has 0 atom stereocenters. The molecule has 1 aliphatic rings. The molecule has 0 bridgehead atoms. The van der Waals surface area contributed by atoms with Gasteiger partial charge >= 0.3 is 0 Å². The third-order valence-electron chi connectivity index (χ3n) is 4.99. The molecule has 2 amide bonds. The predicted molar refractivity (Wildman–Crippen MR) is 122 cm³/mol. The number of methoxy groups -OCH3 is 1. The lowest BCUT2D eigenvalue weighted by atomic mass is 10.1. The van der Waals surface area contributed by atoms with E-state index in [1.165, 1.54) is 36.3 Å². The maximum absolute atomic E-state index is 14.0. The number of piperazine rings is 1. The Bertz CT molecular complexity index is 1040. The maximum Gasteiger partial charge on any atom is 0.257 e. The van der Waals surface area contributed by atoms with Crippen LogP contribution in [0, 0.1) is 5.82 Å². The van der Waals surface area contributed by atoms with Crippen LogP contribution in [0.3, 0.4) is 0 Å². The lowest BCUT2D eigenvalue weighted by Gasteiger charge is -2.34. The largest absolute Gasteiger partial charge is 0.491 e. The third kappa shape index (κ3) is 5.53. The van der Waals surface area contributed by atoms with Gasteiger partial charge in [0, 0.05) is 37.3 Å². The first-order chi connectivity index (χ1) is 15.3. The molecule has 3 rings (SSSR count). The van der Waals surface area contributed by atoms with Gasteiger partial charge in [-0.25, -0.2) is 4.39 Å². The fraction of sp³-hybridized carbons (Fsp3) is 0.304. The second-order valence-electron chi connectivity index (χ2n) is 7.04. The standard InChI is InChI=1S/C23H23Cl2FN2O4/c1-3-32-20-13-15(12-18(25)22(20)31-2)4-7-21(29)27-8-10-28(11-9-27)23(30)17-14-16(24)5-6-19(17)26/h4-7,12-14H,3,8-11H2,1-2H3. The normalized spacial score (nSPS) is 14.0. The number of nitrogens with zero attached hydrogens (tertiary/aromatic N) is 2. The topological polar surface area (TPSA) is 59.1 Å². The average molecular weight is 481 g/mol. The molecule has 32 heavy (non-hydrogen) atoms. The summed E-state index contributed by atoms with van der Waals surface area (Å²) in [5.74, 6) is -0.325. The van der Waals surface area contributed by atoms with Crippen molar-refractivity contribution in [1.29, 1.82) is 0 Å². The zero-order valence-corrected chi connectivity index (χ0v) is 19.3. The molecule has 0 radical (unpaired) electrons. The van der Waals surface area contributed by atoms with Gasteiger partial charge in [-0.2, -0.15) is 0 Å². The number of benzene rings is 2. The van der Waals surface area contributed by atoms with E-state index >= 15 is 0 Å². The van der Waals surface area contributed by atoms with Crippen molar-refractivity contribution in [3.05, 3.63) is 63.4 Å². The van der Waals surface area contributed by atoms with E-state index < -0.39 is 11.7 Å². The van der Waals surface area contributed by atoms with Crippen LogP contribution >= 0.6 is 23.2 Å². The quantitative estimate of drug-likeness (QED) is 0.569. The minimum absolute atomic E-state index is 0.0707. The second kappa shape index (κ2) is 10.7. The molecule has 0 spiro atoms. The summed E-state index contributed by atoms with van der Waals surface area (Å²) in [6, 6.07) is 7.30. The molecule has 1 fully saturated rings. The number of rotatable bonds is 6. The van der Waals surface area contributed by atoms with Crippen LogP contribution in [0.25, 0.3) is 6.08 Å². The molecule has 0 unspecified atom stereocenters. The Morgan fingerprint density at radius 1 is 1.09 bits per heavy atom. The fourth-order valence-electron chi connectivity index (χ4n) is 3.38. The molecule has 2 aromatic rings. The minimum Gasteiger partial charge on any atom is -0.491 e. The number of ether oxygens (including phenoxy) is 2. The van der Waals surface area contributed by atoms with E-state index in [-0.39, 0.29) is 11.5 Å². The highest BCUT2D eigenvalue weighted by Gasteiger charge is 2.25. The smallest absolute Gasteiger partial charge is 0.257 e. The lowest BCUT2D eigenvalue weighted by molar-refractivity contribution is -0.127. The van der Waals surface area contributed by atoms with Crippen LogP contribution in [-0.4, -0.2) is 61.5 Å². The highest BCUT2D eigenvalue weighted by Crippen LogP contribution is 2.36. The molecular weight excluding hydrogens is 458 g/mol. The van der Waals surface area contributed by atoms with E-state index in [4.69, 9.17) is 32.7 Å². The first kappa shape index (κ1) is 23.9. The number of hydrogen-bond donors (Lipinski definition) is 0.